The normalized spacial score (nSPS) is 19.2. The van der Waals surface area contributed by atoms with Gasteiger partial charge in [-0.3, -0.25) is 9.47 Å². The zero-order valence-corrected chi connectivity index (χ0v) is 18.6. The Labute approximate surface area is 189 Å². The maximum atomic E-state index is 13.6. The average Bonchev–Trinajstić information content (AvgIpc) is 2.31. The van der Waals surface area contributed by atoms with Gasteiger partial charge in [0.15, 0.2) is 10.1 Å². The molecule has 0 N–H and O–H groups in total. The smallest absolute Gasteiger partial charge is 0.743 e. The number of hydrogen-bond donors (Lipinski definition) is 0. The summed E-state index contributed by atoms with van der Waals surface area (Å²) in [6.45, 7) is 0. The van der Waals surface area contributed by atoms with E-state index in [1.165, 1.54) is 4.74 Å². The van der Waals surface area contributed by atoms with Crippen LogP contribution in [0.1, 0.15) is 0 Å². The van der Waals surface area contributed by atoms with Gasteiger partial charge >= 0.3 is 68.7 Å². The first-order valence-corrected chi connectivity index (χ1v) is 8.35. The van der Waals surface area contributed by atoms with Crippen LogP contribution in [0.4, 0.5) is 57.1 Å². The molecule has 0 saturated carbocycles. The third-order valence-corrected chi connectivity index (χ3v) is 4.81. The van der Waals surface area contributed by atoms with Gasteiger partial charge in [0.1, 0.15) is 0 Å². The van der Waals surface area contributed by atoms with E-state index in [1.54, 1.807) is 0 Å². The number of rotatable bonds is 8. The molecule has 0 fully saturated rings. The standard InChI is InChI=1S/C7HBr2F13O5S.Na/c8-2(11,12)3(9,13)27-5(17,18)1(10,4(14,15)16)26-6(19,20)7(21,22)28(23,24)25;/h(H,23,24,25);/q;+1/p-1. The Bertz CT molecular complexity index is 693. The van der Waals surface area contributed by atoms with Gasteiger partial charge in [-0.1, -0.05) is 0 Å². The van der Waals surface area contributed by atoms with Crippen molar-refractivity contribution in [2.75, 3.05) is 0 Å². The molecule has 2 atom stereocenters. The van der Waals surface area contributed by atoms with E-state index in [0.29, 0.717) is 0 Å². The monoisotopic (exact) mass is 624 g/mol. The predicted octanol–water partition coefficient (Wildman–Crippen LogP) is 1.58. The molecule has 5 nitrogen and oxygen atoms in total. The zero-order chi connectivity index (χ0) is 23.4. The van der Waals surface area contributed by atoms with Gasteiger partial charge in [0.2, 0.25) is 0 Å². The minimum absolute atomic E-state index is 0. The van der Waals surface area contributed by atoms with Crippen LogP contribution in [0.3, 0.4) is 0 Å². The molecule has 22 heteroatoms. The maximum Gasteiger partial charge on any atom is 1.00 e. The van der Waals surface area contributed by atoms with E-state index in [9.17, 15) is 70.0 Å². The molecule has 170 valence electrons. The summed E-state index contributed by atoms with van der Waals surface area (Å²) in [7, 11) is -7.67. The van der Waals surface area contributed by atoms with Crippen LogP contribution < -0.4 is 29.6 Å². The molecular formula is C7Br2F13NaO5S. The molecule has 0 aromatic carbocycles. The number of halogens is 15. The van der Waals surface area contributed by atoms with Crippen LogP contribution in [0.5, 0.6) is 0 Å². The summed E-state index contributed by atoms with van der Waals surface area (Å²) in [6.07, 6.45) is -22.4. The van der Waals surface area contributed by atoms with Crippen LogP contribution in [0, 0.1) is 0 Å². The van der Waals surface area contributed by atoms with Crippen molar-refractivity contribution in [3.63, 3.8) is 0 Å². The van der Waals surface area contributed by atoms with E-state index in [1.807, 2.05) is 0 Å². The molecule has 0 heterocycles. The van der Waals surface area contributed by atoms with Crippen molar-refractivity contribution in [3.8, 4) is 0 Å². The summed E-state index contributed by atoms with van der Waals surface area (Å²) in [5.74, 6) is -7.60. The van der Waals surface area contributed by atoms with Crippen LogP contribution in [-0.4, -0.2) is 52.1 Å². The largest absolute Gasteiger partial charge is 1.00 e. The van der Waals surface area contributed by atoms with Crippen molar-refractivity contribution in [2.24, 2.45) is 0 Å². The molecule has 0 saturated heterocycles. The van der Waals surface area contributed by atoms with Crippen molar-refractivity contribution in [3.05, 3.63) is 0 Å². The molecule has 0 amide bonds. The first-order valence-electron chi connectivity index (χ1n) is 5.36. The third-order valence-electron chi connectivity index (χ3n) is 2.25. The van der Waals surface area contributed by atoms with Crippen molar-refractivity contribution in [1.29, 1.82) is 0 Å². The molecule has 0 rings (SSSR count). The number of alkyl halides is 15. The summed E-state index contributed by atoms with van der Waals surface area (Å²) >= 11 is 1.85. The van der Waals surface area contributed by atoms with E-state index < -0.39 is 49.2 Å². The fourth-order valence-electron chi connectivity index (χ4n) is 0.948. The molecule has 29 heavy (non-hydrogen) atoms. The van der Waals surface area contributed by atoms with Gasteiger partial charge in [-0.2, -0.15) is 57.1 Å². The van der Waals surface area contributed by atoms with Gasteiger partial charge in [0.05, 0.1) is 0 Å². The minimum atomic E-state index is -7.67. The van der Waals surface area contributed by atoms with Crippen LogP contribution in [0.15, 0.2) is 0 Å². The van der Waals surface area contributed by atoms with Gasteiger partial charge in [-0.25, -0.2) is 8.42 Å². The second-order valence-electron chi connectivity index (χ2n) is 4.32. The van der Waals surface area contributed by atoms with E-state index in [0.717, 1.165) is 31.9 Å². The first kappa shape index (κ1) is 32.1. The summed E-state index contributed by atoms with van der Waals surface area (Å²) in [4.78, 5) is -5.42. The van der Waals surface area contributed by atoms with Gasteiger partial charge in [0.25, 0.3) is 0 Å². The zero-order valence-electron chi connectivity index (χ0n) is 12.6. The molecule has 0 aliphatic heterocycles. The van der Waals surface area contributed by atoms with Crippen molar-refractivity contribution in [2.45, 2.75) is 39.1 Å². The molecule has 0 aromatic rings. The van der Waals surface area contributed by atoms with Crippen LogP contribution in [0.2, 0.25) is 0 Å². The van der Waals surface area contributed by atoms with Crippen molar-refractivity contribution >= 4 is 42.0 Å². The molecule has 0 aliphatic rings. The van der Waals surface area contributed by atoms with Gasteiger partial charge < -0.3 is 4.55 Å². The minimum Gasteiger partial charge on any atom is -0.743 e. The molecular weight excluding hydrogens is 626 g/mol. The Morgan fingerprint density at radius 1 is 0.690 bits per heavy atom. The Balaban J connectivity index is 0. The van der Waals surface area contributed by atoms with Gasteiger partial charge in [-0.05, 0) is 31.9 Å². The van der Waals surface area contributed by atoms with Crippen molar-refractivity contribution < 1.29 is 109 Å². The Morgan fingerprint density at radius 3 is 1.28 bits per heavy atom. The molecule has 0 aliphatic carbocycles. The summed E-state index contributed by atoms with van der Waals surface area (Å²) in [5.41, 5.74) is 0. The fourth-order valence-corrected chi connectivity index (χ4v) is 1.57. The topological polar surface area (TPSA) is 75.7 Å². The van der Waals surface area contributed by atoms with E-state index >= 15 is 0 Å². The van der Waals surface area contributed by atoms with E-state index in [2.05, 4.69) is 4.74 Å². The van der Waals surface area contributed by atoms with Crippen molar-refractivity contribution in [1.82, 2.24) is 0 Å². The molecule has 0 spiro atoms. The van der Waals surface area contributed by atoms with Gasteiger partial charge in [0, 0.05) is 0 Å². The summed E-state index contributed by atoms with van der Waals surface area (Å²) < 4.78 is 196. The Kier molecular flexibility index (Phi) is 9.59. The molecule has 0 bridgehead atoms. The van der Waals surface area contributed by atoms with Crippen LogP contribution in [0.25, 0.3) is 0 Å². The maximum absolute atomic E-state index is 13.6. The molecule has 2 unspecified atom stereocenters. The van der Waals surface area contributed by atoms with Crippen LogP contribution in [-0.2, 0) is 19.6 Å². The van der Waals surface area contributed by atoms with E-state index in [4.69, 9.17) is 0 Å². The van der Waals surface area contributed by atoms with Gasteiger partial charge in [-0.15, -0.1) is 0 Å². The fraction of sp³-hybridized carbons (Fsp3) is 1.00. The van der Waals surface area contributed by atoms with E-state index in [-0.39, 0.29) is 29.6 Å². The molecule has 0 radical (unpaired) electrons. The summed E-state index contributed by atoms with van der Waals surface area (Å²) in [6, 6.07) is 0. The third kappa shape index (κ3) is 6.23. The second kappa shape index (κ2) is 8.67. The Morgan fingerprint density at radius 2 is 1.03 bits per heavy atom. The number of hydrogen-bond acceptors (Lipinski definition) is 5. The second-order valence-corrected chi connectivity index (χ2v) is 7.75. The SMILES string of the molecule is O=S(=O)([O-])C(F)(F)C(F)(F)OC(F)(C(F)(F)F)C(F)(F)OC(F)(Br)C(F)(F)Br.[Na+]. The predicted molar refractivity (Wildman–Crippen MR) is 63.2 cm³/mol. The Hall–Kier alpha value is 0.880. The average molecular weight is 626 g/mol. The first-order chi connectivity index (χ1) is 11.7. The number of ether oxygens (including phenoxy) is 2. The van der Waals surface area contributed by atoms with Crippen LogP contribution >= 0.6 is 31.9 Å². The quantitative estimate of drug-likeness (QED) is 0.177. The summed E-state index contributed by atoms with van der Waals surface area (Å²) in [5, 5.41) is -7.29. The molecule has 0 aromatic heterocycles.